The minimum absolute atomic E-state index is 0.389. The quantitative estimate of drug-likeness (QED) is 0.725. The van der Waals surface area contributed by atoms with Crippen molar-refractivity contribution >= 4 is 34.0 Å². The summed E-state index contributed by atoms with van der Waals surface area (Å²) in [7, 11) is 0. The van der Waals surface area contributed by atoms with Crippen LogP contribution in [0.4, 0.5) is 0 Å². The van der Waals surface area contributed by atoms with Crippen molar-refractivity contribution in [3.05, 3.63) is 49.9 Å². The van der Waals surface area contributed by atoms with Gasteiger partial charge in [-0.1, -0.05) is 11.6 Å². The molecule has 0 N–H and O–H groups in total. The molecule has 0 unspecified atom stereocenters. The third-order valence-electron chi connectivity index (χ3n) is 2.59. The lowest BCUT2D eigenvalue weighted by Gasteiger charge is -1.98. The van der Waals surface area contributed by atoms with E-state index in [-0.39, 0.29) is 5.76 Å². The highest BCUT2D eigenvalue weighted by atomic mass is 35.5. The van der Waals surface area contributed by atoms with Crippen LogP contribution in [0.1, 0.15) is 10.7 Å². The maximum atomic E-state index is 11.8. The van der Waals surface area contributed by atoms with Gasteiger partial charge in [0.25, 0.3) is 0 Å². The molecule has 0 atom stereocenters. The summed E-state index contributed by atoms with van der Waals surface area (Å²) in [4.78, 5) is 16.1. The molecule has 0 amide bonds. The molecule has 0 saturated heterocycles. The third kappa shape index (κ3) is 1.95. The first-order valence-electron chi connectivity index (χ1n) is 5.33. The van der Waals surface area contributed by atoms with Gasteiger partial charge in [0.05, 0.1) is 12.1 Å². The van der Waals surface area contributed by atoms with Gasteiger partial charge < -0.3 is 4.42 Å². The molecule has 0 bridgehead atoms. The van der Waals surface area contributed by atoms with Gasteiger partial charge in [0.1, 0.15) is 5.01 Å². The minimum atomic E-state index is -0.389. The SMILES string of the molecule is Cc1csc(Cn2c(=O)oc3cc(Cl)ccc32)n1. The Labute approximate surface area is 111 Å². The van der Waals surface area contributed by atoms with Gasteiger partial charge in [-0.05, 0) is 19.1 Å². The van der Waals surface area contributed by atoms with Crippen molar-refractivity contribution in [3.8, 4) is 0 Å². The second kappa shape index (κ2) is 4.26. The fraction of sp³-hybridized carbons (Fsp3) is 0.167. The van der Waals surface area contributed by atoms with Crippen LogP contribution in [-0.2, 0) is 6.54 Å². The highest BCUT2D eigenvalue weighted by Crippen LogP contribution is 2.19. The molecule has 0 aliphatic heterocycles. The maximum Gasteiger partial charge on any atom is 0.420 e. The van der Waals surface area contributed by atoms with E-state index in [1.165, 1.54) is 11.3 Å². The summed E-state index contributed by atoms with van der Waals surface area (Å²) in [6.45, 7) is 2.35. The Morgan fingerprint density at radius 1 is 1.50 bits per heavy atom. The lowest BCUT2D eigenvalue weighted by molar-refractivity contribution is 0.517. The van der Waals surface area contributed by atoms with Gasteiger partial charge in [-0.15, -0.1) is 11.3 Å². The largest absolute Gasteiger partial charge is 0.420 e. The van der Waals surface area contributed by atoms with E-state index in [2.05, 4.69) is 4.98 Å². The first-order valence-corrected chi connectivity index (χ1v) is 6.59. The van der Waals surface area contributed by atoms with E-state index in [9.17, 15) is 4.79 Å². The van der Waals surface area contributed by atoms with E-state index in [1.54, 1.807) is 22.8 Å². The van der Waals surface area contributed by atoms with Gasteiger partial charge in [-0.3, -0.25) is 4.57 Å². The zero-order valence-corrected chi connectivity index (χ0v) is 11.1. The molecule has 18 heavy (non-hydrogen) atoms. The highest BCUT2D eigenvalue weighted by Gasteiger charge is 2.11. The van der Waals surface area contributed by atoms with Crippen LogP contribution in [0.5, 0.6) is 0 Å². The van der Waals surface area contributed by atoms with Crippen LogP contribution < -0.4 is 5.76 Å². The lowest BCUT2D eigenvalue weighted by Crippen LogP contribution is -2.14. The van der Waals surface area contributed by atoms with E-state index in [0.717, 1.165) is 16.2 Å². The number of benzene rings is 1. The molecule has 0 radical (unpaired) electrons. The molecular formula is C12H9ClN2O2S. The molecule has 0 fully saturated rings. The van der Waals surface area contributed by atoms with Crippen molar-refractivity contribution in [1.29, 1.82) is 0 Å². The molecule has 1 aromatic carbocycles. The number of aromatic nitrogens is 2. The molecule has 4 nitrogen and oxygen atoms in total. The summed E-state index contributed by atoms with van der Waals surface area (Å²) < 4.78 is 6.72. The van der Waals surface area contributed by atoms with E-state index in [0.29, 0.717) is 17.2 Å². The molecule has 0 spiro atoms. The number of hydrogen-bond acceptors (Lipinski definition) is 4. The number of nitrogens with zero attached hydrogens (tertiary/aromatic N) is 2. The average molecular weight is 281 g/mol. The number of rotatable bonds is 2. The van der Waals surface area contributed by atoms with Crippen molar-refractivity contribution in [2.75, 3.05) is 0 Å². The molecule has 2 aromatic heterocycles. The Balaban J connectivity index is 2.11. The monoisotopic (exact) mass is 280 g/mol. The van der Waals surface area contributed by atoms with E-state index in [4.69, 9.17) is 16.0 Å². The summed E-state index contributed by atoms with van der Waals surface area (Å²) in [6, 6.07) is 5.16. The lowest BCUT2D eigenvalue weighted by atomic mass is 10.3. The van der Waals surface area contributed by atoms with E-state index in [1.807, 2.05) is 12.3 Å². The number of hydrogen-bond donors (Lipinski definition) is 0. The molecule has 0 aliphatic carbocycles. The van der Waals surface area contributed by atoms with Gasteiger partial charge in [0.15, 0.2) is 5.58 Å². The van der Waals surface area contributed by atoms with Crippen LogP contribution in [0.15, 0.2) is 32.8 Å². The normalized spacial score (nSPS) is 11.2. The van der Waals surface area contributed by atoms with Gasteiger partial charge in [-0.25, -0.2) is 9.78 Å². The van der Waals surface area contributed by atoms with Gasteiger partial charge in [0.2, 0.25) is 0 Å². The first-order chi connectivity index (χ1) is 8.63. The standard InChI is InChI=1S/C12H9ClN2O2S/c1-7-6-18-11(14-7)5-15-9-3-2-8(13)4-10(9)17-12(15)16/h2-4,6H,5H2,1H3. The average Bonchev–Trinajstić information content (AvgIpc) is 2.84. The van der Waals surface area contributed by atoms with Crippen LogP contribution >= 0.6 is 22.9 Å². The van der Waals surface area contributed by atoms with Crippen LogP contribution in [0.3, 0.4) is 0 Å². The van der Waals surface area contributed by atoms with Crippen molar-refractivity contribution in [3.63, 3.8) is 0 Å². The Bertz CT molecular complexity index is 772. The van der Waals surface area contributed by atoms with E-state index >= 15 is 0 Å². The van der Waals surface area contributed by atoms with Crippen molar-refractivity contribution in [2.24, 2.45) is 0 Å². The fourth-order valence-corrected chi connectivity index (χ4v) is 2.72. The van der Waals surface area contributed by atoms with Crippen LogP contribution in [-0.4, -0.2) is 9.55 Å². The topological polar surface area (TPSA) is 48.0 Å². The van der Waals surface area contributed by atoms with E-state index < -0.39 is 0 Å². The number of fused-ring (bicyclic) bond motifs is 1. The molecule has 3 rings (SSSR count). The Hall–Kier alpha value is -1.59. The molecule has 92 valence electrons. The summed E-state index contributed by atoms with van der Waals surface area (Å²) >= 11 is 7.39. The molecule has 6 heteroatoms. The Morgan fingerprint density at radius 2 is 2.33 bits per heavy atom. The van der Waals surface area contributed by atoms with Crippen LogP contribution in [0.2, 0.25) is 5.02 Å². The zero-order valence-electron chi connectivity index (χ0n) is 9.51. The predicted octanol–water partition coefficient (Wildman–Crippen LogP) is 3.06. The van der Waals surface area contributed by atoms with Gasteiger partial charge in [-0.2, -0.15) is 0 Å². The summed E-state index contributed by atoms with van der Waals surface area (Å²) in [5.74, 6) is -0.389. The number of aryl methyl sites for hydroxylation is 1. The summed E-state index contributed by atoms with van der Waals surface area (Å²) in [6.07, 6.45) is 0. The fourth-order valence-electron chi connectivity index (χ4n) is 1.80. The zero-order chi connectivity index (χ0) is 12.7. The third-order valence-corrected chi connectivity index (χ3v) is 3.78. The summed E-state index contributed by atoms with van der Waals surface area (Å²) in [5, 5.41) is 3.39. The van der Waals surface area contributed by atoms with Crippen molar-refractivity contribution in [2.45, 2.75) is 13.5 Å². The Kier molecular flexibility index (Phi) is 2.72. The number of halogens is 1. The summed E-state index contributed by atoms with van der Waals surface area (Å²) in [5.41, 5.74) is 2.19. The van der Waals surface area contributed by atoms with Crippen LogP contribution in [0, 0.1) is 6.92 Å². The molecule has 3 aromatic rings. The predicted molar refractivity (Wildman–Crippen MR) is 71.4 cm³/mol. The second-order valence-electron chi connectivity index (χ2n) is 3.95. The molecule has 0 saturated carbocycles. The Morgan fingerprint density at radius 3 is 3.06 bits per heavy atom. The van der Waals surface area contributed by atoms with Crippen LogP contribution in [0.25, 0.3) is 11.1 Å². The van der Waals surface area contributed by atoms with Gasteiger partial charge in [0, 0.05) is 22.2 Å². The maximum absolute atomic E-state index is 11.8. The van der Waals surface area contributed by atoms with Gasteiger partial charge >= 0.3 is 5.76 Å². The second-order valence-corrected chi connectivity index (χ2v) is 5.33. The molecule has 2 heterocycles. The molecular weight excluding hydrogens is 272 g/mol. The number of oxazole rings is 1. The minimum Gasteiger partial charge on any atom is -0.408 e. The van der Waals surface area contributed by atoms with Crippen molar-refractivity contribution < 1.29 is 4.42 Å². The number of thiazole rings is 1. The highest BCUT2D eigenvalue weighted by molar-refractivity contribution is 7.09. The first kappa shape index (κ1) is 11.5. The smallest absolute Gasteiger partial charge is 0.408 e. The van der Waals surface area contributed by atoms with Crippen molar-refractivity contribution in [1.82, 2.24) is 9.55 Å². The molecule has 0 aliphatic rings.